The van der Waals surface area contributed by atoms with Gasteiger partial charge in [-0.2, -0.15) is 0 Å². The van der Waals surface area contributed by atoms with Gasteiger partial charge in [-0.15, -0.1) is 0 Å². The van der Waals surface area contributed by atoms with Gasteiger partial charge in [-0.1, -0.05) is 84.4 Å². The van der Waals surface area contributed by atoms with E-state index in [4.69, 9.17) is 16.3 Å². The molecule has 4 aromatic rings. The molecule has 0 spiro atoms. The van der Waals surface area contributed by atoms with Crippen LogP contribution in [0.5, 0.6) is 5.75 Å². The summed E-state index contributed by atoms with van der Waals surface area (Å²) in [6.45, 7) is 1.21. The lowest BCUT2D eigenvalue weighted by Gasteiger charge is -2.34. The van der Waals surface area contributed by atoms with Crippen LogP contribution in [0.2, 0.25) is 5.02 Å². The number of likely N-dealkylation sites (N-methyl/N-ethyl adjacent to an activating group) is 1. The number of ether oxygens (including phenoxy) is 1. The number of sulfonamides is 1. The summed E-state index contributed by atoms with van der Waals surface area (Å²) in [5, 5.41) is 3.09. The molecule has 2 amide bonds. The summed E-state index contributed by atoms with van der Waals surface area (Å²) in [6.07, 6.45) is 0.204. The number of benzene rings is 4. The fraction of sp³-hybridized carbons (Fsp3) is 0.212. The van der Waals surface area contributed by atoms with Gasteiger partial charge in [0.05, 0.1) is 17.7 Å². The first kappa shape index (κ1) is 31.6. The number of rotatable bonds is 12. The number of halogens is 1. The number of aryl methyl sites for hydroxylation is 1. The number of carbonyl (C=O) groups is 2. The first-order valence-corrected chi connectivity index (χ1v) is 15.5. The average Bonchev–Trinajstić information content (AvgIpc) is 3.02. The predicted octanol–water partition coefficient (Wildman–Crippen LogP) is 5.24. The standard InChI is InChI=1S/C33H34ClN3O5S/c1-24-18-19-31(42-3)29(20-24)37(43(40,41)27-15-8-5-9-16-27)23-32(38)36(22-26-14-10-11-17-28(26)34)30(33(39)35-2)21-25-12-6-4-7-13-25/h4-20,30H,21-23H2,1-3H3,(H,35,39)/t30-/m1/s1. The molecule has 4 aromatic carbocycles. The van der Waals surface area contributed by atoms with Crippen molar-refractivity contribution < 1.29 is 22.7 Å². The minimum Gasteiger partial charge on any atom is -0.495 e. The van der Waals surface area contributed by atoms with E-state index in [1.807, 2.05) is 37.3 Å². The van der Waals surface area contributed by atoms with Gasteiger partial charge in [0.25, 0.3) is 10.0 Å². The summed E-state index contributed by atoms with van der Waals surface area (Å²) in [7, 11) is -1.30. The molecule has 1 N–H and O–H groups in total. The molecule has 0 unspecified atom stereocenters. The third-order valence-electron chi connectivity index (χ3n) is 7.03. The lowest BCUT2D eigenvalue weighted by molar-refractivity contribution is -0.139. The Morgan fingerprint density at radius 2 is 1.53 bits per heavy atom. The van der Waals surface area contributed by atoms with E-state index in [9.17, 15) is 18.0 Å². The zero-order valence-corrected chi connectivity index (χ0v) is 25.8. The molecule has 1 atom stereocenters. The summed E-state index contributed by atoms with van der Waals surface area (Å²) < 4.78 is 34.8. The van der Waals surface area contributed by atoms with E-state index in [1.165, 1.54) is 31.2 Å². The number of nitrogens with zero attached hydrogens (tertiary/aromatic N) is 2. The fourth-order valence-electron chi connectivity index (χ4n) is 4.76. The molecule has 0 aliphatic heterocycles. The van der Waals surface area contributed by atoms with Gasteiger partial charge in [-0.05, 0) is 53.9 Å². The van der Waals surface area contributed by atoms with Crippen LogP contribution in [0.15, 0.2) is 108 Å². The Balaban J connectivity index is 1.84. The van der Waals surface area contributed by atoms with Crippen LogP contribution in [-0.4, -0.2) is 51.9 Å². The summed E-state index contributed by atoms with van der Waals surface area (Å²) in [5.74, 6) is -0.704. The molecular formula is C33H34ClN3O5S. The van der Waals surface area contributed by atoms with Crippen LogP contribution < -0.4 is 14.4 Å². The second kappa shape index (κ2) is 14.2. The maximum Gasteiger partial charge on any atom is 0.264 e. The van der Waals surface area contributed by atoms with Crippen molar-refractivity contribution in [3.63, 3.8) is 0 Å². The van der Waals surface area contributed by atoms with Gasteiger partial charge in [0.15, 0.2) is 0 Å². The third kappa shape index (κ3) is 7.55. The van der Waals surface area contributed by atoms with Gasteiger partial charge in [-0.3, -0.25) is 13.9 Å². The van der Waals surface area contributed by atoms with Gasteiger partial charge < -0.3 is 15.0 Å². The normalized spacial score (nSPS) is 11.8. The zero-order chi connectivity index (χ0) is 31.0. The molecule has 0 aromatic heterocycles. The molecule has 0 saturated carbocycles. The number of hydrogen-bond donors (Lipinski definition) is 1. The van der Waals surface area contributed by atoms with Crippen molar-refractivity contribution in [2.24, 2.45) is 0 Å². The van der Waals surface area contributed by atoms with Crippen molar-refractivity contribution >= 4 is 39.1 Å². The van der Waals surface area contributed by atoms with E-state index >= 15 is 0 Å². The summed E-state index contributed by atoms with van der Waals surface area (Å²) in [6, 6.07) is 28.4. The monoisotopic (exact) mass is 619 g/mol. The van der Waals surface area contributed by atoms with Crippen LogP contribution >= 0.6 is 11.6 Å². The SMILES string of the molecule is CNC(=O)[C@@H](Cc1ccccc1)N(Cc1ccccc1Cl)C(=O)CN(c1cc(C)ccc1OC)S(=O)(=O)c1ccccc1. The van der Waals surface area contributed by atoms with Gasteiger partial charge >= 0.3 is 0 Å². The number of carbonyl (C=O) groups excluding carboxylic acids is 2. The van der Waals surface area contributed by atoms with Crippen molar-refractivity contribution in [3.8, 4) is 5.75 Å². The molecule has 0 fully saturated rings. The van der Waals surface area contributed by atoms with E-state index in [2.05, 4.69) is 5.32 Å². The Bertz CT molecular complexity index is 1670. The summed E-state index contributed by atoms with van der Waals surface area (Å²) >= 11 is 6.50. The van der Waals surface area contributed by atoms with Crippen LogP contribution in [-0.2, 0) is 32.6 Å². The van der Waals surface area contributed by atoms with E-state index < -0.39 is 34.4 Å². The van der Waals surface area contributed by atoms with Gasteiger partial charge in [0, 0.05) is 25.0 Å². The Morgan fingerprint density at radius 3 is 2.16 bits per heavy atom. The molecule has 43 heavy (non-hydrogen) atoms. The highest BCUT2D eigenvalue weighted by Gasteiger charge is 2.35. The van der Waals surface area contributed by atoms with Gasteiger partial charge in [0.2, 0.25) is 11.8 Å². The number of amides is 2. The van der Waals surface area contributed by atoms with Gasteiger partial charge in [0.1, 0.15) is 18.3 Å². The molecule has 0 saturated heterocycles. The highest BCUT2D eigenvalue weighted by Crippen LogP contribution is 2.34. The van der Waals surface area contributed by atoms with Crippen molar-refractivity contribution in [2.45, 2.75) is 30.8 Å². The topological polar surface area (TPSA) is 96.0 Å². The van der Waals surface area contributed by atoms with Crippen LogP contribution in [0, 0.1) is 6.92 Å². The minimum absolute atomic E-state index is 0.0103. The molecule has 0 radical (unpaired) electrons. The fourth-order valence-corrected chi connectivity index (χ4v) is 6.39. The van der Waals surface area contributed by atoms with Crippen LogP contribution in [0.3, 0.4) is 0 Å². The van der Waals surface area contributed by atoms with Crippen molar-refractivity contribution in [2.75, 3.05) is 25.0 Å². The molecule has 0 aliphatic rings. The van der Waals surface area contributed by atoms with Crippen molar-refractivity contribution in [1.29, 1.82) is 0 Å². The van der Waals surface area contributed by atoms with E-state index in [0.29, 0.717) is 10.6 Å². The second-order valence-electron chi connectivity index (χ2n) is 9.93. The maximum absolute atomic E-state index is 14.4. The smallest absolute Gasteiger partial charge is 0.264 e. The quantitative estimate of drug-likeness (QED) is 0.234. The first-order chi connectivity index (χ1) is 20.6. The number of anilines is 1. The largest absolute Gasteiger partial charge is 0.495 e. The Labute approximate surface area is 257 Å². The van der Waals surface area contributed by atoms with E-state index in [1.54, 1.807) is 60.7 Å². The lowest BCUT2D eigenvalue weighted by atomic mass is 10.0. The molecule has 0 aliphatic carbocycles. The van der Waals surface area contributed by atoms with Gasteiger partial charge in [-0.25, -0.2) is 8.42 Å². The van der Waals surface area contributed by atoms with Crippen LogP contribution in [0.25, 0.3) is 0 Å². The lowest BCUT2D eigenvalue weighted by Crippen LogP contribution is -2.53. The minimum atomic E-state index is -4.24. The Morgan fingerprint density at radius 1 is 0.907 bits per heavy atom. The molecule has 8 nitrogen and oxygen atoms in total. The number of hydrogen-bond acceptors (Lipinski definition) is 5. The second-order valence-corrected chi connectivity index (χ2v) is 12.2. The number of methoxy groups -OCH3 is 1. The van der Waals surface area contributed by atoms with Crippen molar-refractivity contribution in [3.05, 3.63) is 125 Å². The summed E-state index contributed by atoms with van der Waals surface area (Å²) in [4.78, 5) is 29.2. The molecule has 10 heteroatoms. The van der Waals surface area contributed by atoms with Crippen LogP contribution in [0.4, 0.5) is 5.69 Å². The molecule has 224 valence electrons. The maximum atomic E-state index is 14.4. The predicted molar refractivity (Wildman–Crippen MR) is 169 cm³/mol. The Kier molecular flexibility index (Phi) is 10.4. The zero-order valence-electron chi connectivity index (χ0n) is 24.2. The number of nitrogens with one attached hydrogen (secondary N) is 1. The molecule has 0 heterocycles. The van der Waals surface area contributed by atoms with E-state index in [0.717, 1.165) is 15.4 Å². The Hall–Kier alpha value is -4.34. The molecular weight excluding hydrogens is 586 g/mol. The third-order valence-corrected chi connectivity index (χ3v) is 9.17. The highest BCUT2D eigenvalue weighted by atomic mass is 35.5. The van der Waals surface area contributed by atoms with E-state index in [-0.39, 0.29) is 29.3 Å². The first-order valence-electron chi connectivity index (χ1n) is 13.7. The molecule has 0 bridgehead atoms. The average molecular weight is 620 g/mol. The van der Waals surface area contributed by atoms with Crippen molar-refractivity contribution in [1.82, 2.24) is 10.2 Å². The highest BCUT2D eigenvalue weighted by molar-refractivity contribution is 7.92. The molecule has 4 rings (SSSR count). The summed E-state index contributed by atoms with van der Waals surface area (Å²) in [5.41, 5.74) is 2.43. The van der Waals surface area contributed by atoms with Crippen LogP contribution in [0.1, 0.15) is 16.7 Å².